The average Bonchev–Trinajstić information content (AvgIpc) is 2.66. The fourth-order valence-corrected chi connectivity index (χ4v) is 6.19. The van der Waals surface area contributed by atoms with E-state index in [1.54, 1.807) is 14.0 Å². The van der Waals surface area contributed by atoms with Crippen molar-refractivity contribution in [3.8, 4) is 0 Å². The van der Waals surface area contributed by atoms with Gasteiger partial charge in [0.15, 0.2) is 5.78 Å². The van der Waals surface area contributed by atoms with Gasteiger partial charge >= 0.3 is 0 Å². The molecule has 29 heavy (non-hydrogen) atoms. The summed E-state index contributed by atoms with van der Waals surface area (Å²) < 4.78 is 5.14. The molecule has 3 unspecified atom stereocenters. The first kappa shape index (κ1) is 22.2. The highest BCUT2D eigenvalue weighted by Gasteiger charge is 2.53. The van der Waals surface area contributed by atoms with E-state index in [2.05, 4.69) is 39.8 Å². The Morgan fingerprint density at radius 1 is 1.21 bits per heavy atom. The molecule has 2 aliphatic carbocycles. The Labute approximate surface area is 176 Å². The zero-order chi connectivity index (χ0) is 21.4. The normalized spacial score (nSPS) is 28.7. The number of benzene rings is 1. The van der Waals surface area contributed by atoms with Crippen molar-refractivity contribution in [2.24, 2.45) is 11.3 Å². The molecule has 0 N–H and O–H groups in total. The van der Waals surface area contributed by atoms with Crippen molar-refractivity contribution in [3.05, 3.63) is 34.4 Å². The molecule has 1 aromatic rings. The van der Waals surface area contributed by atoms with E-state index in [1.807, 2.05) is 0 Å². The summed E-state index contributed by atoms with van der Waals surface area (Å²) in [6, 6.07) is 4.53. The number of carbonyl (C=O) groups is 2. The van der Waals surface area contributed by atoms with Gasteiger partial charge in [0, 0.05) is 31.1 Å². The van der Waals surface area contributed by atoms with Crippen molar-refractivity contribution < 1.29 is 14.3 Å². The van der Waals surface area contributed by atoms with Crippen molar-refractivity contribution in [2.45, 2.75) is 90.9 Å². The summed E-state index contributed by atoms with van der Waals surface area (Å²) in [6.45, 7) is 11.3. The minimum absolute atomic E-state index is 0.0245. The predicted molar refractivity (Wildman–Crippen MR) is 118 cm³/mol. The van der Waals surface area contributed by atoms with E-state index >= 15 is 0 Å². The van der Waals surface area contributed by atoms with Crippen LogP contribution in [0.3, 0.4) is 0 Å². The number of hydrogen-bond acceptors (Lipinski definition) is 3. The second-order valence-corrected chi connectivity index (χ2v) is 10.1. The lowest BCUT2D eigenvalue weighted by molar-refractivity contribution is -0.134. The molecule has 2 aliphatic rings. The number of hydrogen-bond donors (Lipinski definition) is 0. The van der Waals surface area contributed by atoms with E-state index in [0.29, 0.717) is 30.6 Å². The van der Waals surface area contributed by atoms with Crippen molar-refractivity contribution in [1.29, 1.82) is 0 Å². The Balaban J connectivity index is 2.07. The van der Waals surface area contributed by atoms with Crippen molar-refractivity contribution in [1.82, 2.24) is 0 Å². The van der Waals surface area contributed by atoms with Gasteiger partial charge in [0.25, 0.3) is 0 Å². The van der Waals surface area contributed by atoms with E-state index in [1.165, 1.54) is 16.7 Å². The molecule has 0 spiro atoms. The third kappa shape index (κ3) is 3.83. The molecule has 1 aromatic carbocycles. The summed E-state index contributed by atoms with van der Waals surface area (Å²) in [5.41, 5.74) is 4.53. The van der Waals surface area contributed by atoms with Crippen LogP contribution in [-0.2, 0) is 21.4 Å². The van der Waals surface area contributed by atoms with Gasteiger partial charge in [-0.05, 0) is 79.0 Å². The number of methoxy groups -OCH3 is 1. The van der Waals surface area contributed by atoms with Crippen LogP contribution in [-0.4, -0.2) is 25.3 Å². The number of ketones is 2. The highest BCUT2D eigenvalue weighted by molar-refractivity contribution is 5.98. The van der Waals surface area contributed by atoms with Crippen LogP contribution < -0.4 is 0 Å². The molecular weight excluding hydrogens is 360 g/mol. The average molecular weight is 399 g/mol. The fraction of sp³-hybridized carbons (Fsp3) is 0.692. The van der Waals surface area contributed by atoms with Gasteiger partial charge in [-0.1, -0.05) is 40.2 Å². The molecule has 1 fully saturated rings. The number of ether oxygens (including phenoxy) is 1. The number of fused-ring (bicyclic) bond motifs is 3. The molecule has 0 amide bonds. The quantitative estimate of drug-likeness (QED) is 0.417. The highest BCUT2D eigenvalue weighted by atomic mass is 16.5. The van der Waals surface area contributed by atoms with Crippen LogP contribution in [0.25, 0.3) is 0 Å². The van der Waals surface area contributed by atoms with Gasteiger partial charge in [-0.2, -0.15) is 0 Å². The Morgan fingerprint density at radius 2 is 1.93 bits per heavy atom. The van der Waals surface area contributed by atoms with E-state index in [4.69, 9.17) is 4.74 Å². The first-order valence-corrected chi connectivity index (χ1v) is 11.4. The molecule has 0 aromatic heterocycles. The monoisotopic (exact) mass is 398 g/mol. The summed E-state index contributed by atoms with van der Waals surface area (Å²) in [4.78, 5) is 25.7. The predicted octanol–water partition coefficient (Wildman–Crippen LogP) is 6.02. The minimum Gasteiger partial charge on any atom is -0.385 e. The molecular formula is C26H38O3. The molecule has 0 saturated heterocycles. The lowest BCUT2D eigenvalue weighted by Gasteiger charge is -2.54. The van der Waals surface area contributed by atoms with E-state index < -0.39 is 0 Å². The summed E-state index contributed by atoms with van der Waals surface area (Å²) >= 11 is 0. The second-order valence-electron chi connectivity index (χ2n) is 10.1. The first-order valence-electron chi connectivity index (χ1n) is 11.4. The summed E-state index contributed by atoms with van der Waals surface area (Å²) in [7, 11) is 1.68. The van der Waals surface area contributed by atoms with E-state index in [9.17, 15) is 9.59 Å². The van der Waals surface area contributed by atoms with Gasteiger partial charge in [-0.15, -0.1) is 0 Å². The van der Waals surface area contributed by atoms with Crippen LogP contribution in [0.1, 0.15) is 106 Å². The zero-order valence-electron chi connectivity index (χ0n) is 19.2. The van der Waals surface area contributed by atoms with E-state index in [-0.39, 0.29) is 16.6 Å². The summed E-state index contributed by atoms with van der Waals surface area (Å²) in [5.74, 6) is 1.23. The Morgan fingerprint density at radius 3 is 2.55 bits per heavy atom. The van der Waals surface area contributed by atoms with Gasteiger partial charge in [0.2, 0.25) is 0 Å². The molecule has 0 bridgehead atoms. The maximum atomic E-state index is 13.1. The van der Waals surface area contributed by atoms with Gasteiger partial charge in [-0.3, -0.25) is 9.59 Å². The molecule has 1 saturated carbocycles. The van der Waals surface area contributed by atoms with Gasteiger partial charge in [0.1, 0.15) is 5.78 Å². The second kappa shape index (κ2) is 8.34. The number of carbonyl (C=O) groups excluding carboxylic acids is 2. The number of rotatable bonds is 7. The number of aryl methyl sites for hydroxylation is 1. The van der Waals surface area contributed by atoms with Crippen molar-refractivity contribution in [2.75, 3.05) is 13.7 Å². The van der Waals surface area contributed by atoms with Gasteiger partial charge < -0.3 is 4.74 Å². The Bertz CT molecular complexity index is 793. The summed E-state index contributed by atoms with van der Waals surface area (Å²) in [5, 5.41) is 0. The first-order chi connectivity index (χ1) is 13.6. The lowest BCUT2D eigenvalue weighted by Crippen LogP contribution is -2.51. The molecule has 0 radical (unpaired) electrons. The van der Waals surface area contributed by atoms with Crippen LogP contribution in [0.15, 0.2) is 12.1 Å². The topological polar surface area (TPSA) is 43.4 Å². The molecule has 3 rings (SSSR count). The highest BCUT2D eigenvalue weighted by Crippen LogP contribution is 2.57. The maximum absolute atomic E-state index is 13.1. The third-order valence-electron chi connectivity index (χ3n) is 8.00. The summed E-state index contributed by atoms with van der Waals surface area (Å²) in [6.07, 6.45) is 6.53. The standard InChI is InChI=1S/C26H38O3/c1-17(2)20-15-19-10-11-24-25(4,18(3)27)12-8-13-26(24,5)22(19)16-21(20)23(28)9-7-14-29-6/h15-17,24H,7-14H2,1-6H3. The lowest BCUT2D eigenvalue weighted by atomic mass is 9.49. The molecule has 0 aliphatic heterocycles. The molecule has 160 valence electrons. The smallest absolute Gasteiger partial charge is 0.163 e. The Kier molecular flexibility index (Phi) is 6.38. The SMILES string of the molecule is COCCCC(=O)c1cc2c(cc1C(C)C)CCC1C(C)(C(C)=O)CCCC21C. The van der Waals surface area contributed by atoms with E-state index in [0.717, 1.165) is 44.1 Å². The molecule has 3 atom stereocenters. The van der Waals surface area contributed by atoms with Crippen LogP contribution >= 0.6 is 0 Å². The molecule has 3 nitrogen and oxygen atoms in total. The van der Waals surface area contributed by atoms with Crippen molar-refractivity contribution in [3.63, 3.8) is 0 Å². The van der Waals surface area contributed by atoms with Gasteiger partial charge in [0.05, 0.1) is 0 Å². The maximum Gasteiger partial charge on any atom is 0.163 e. The van der Waals surface area contributed by atoms with Crippen LogP contribution in [0.4, 0.5) is 0 Å². The zero-order valence-corrected chi connectivity index (χ0v) is 19.2. The van der Waals surface area contributed by atoms with Crippen LogP contribution in [0, 0.1) is 11.3 Å². The Hall–Kier alpha value is -1.48. The van der Waals surface area contributed by atoms with Crippen LogP contribution in [0.2, 0.25) is 0 Å². The van der Waals surface area contributed by atoms with Crippen LogP contribution in [0.5, 0.6) is 0 Å². The molecule has 3 heteroatoms. The fourth-order valence-electron chi connectivity index (χ4n) is 6.19. The van der Waals surface area contributed by atoms with Crippen molar-refractivity contribution >= 4 is 11.6 Å². The third-order valence-corrected chi connectivity index (χ3v) is 8.00. The number of Topliss-reactive ketones (excluding diaryl/α,β-unsaturated/α-hetero) is 2. The minimum atomic E-state index is -0.246. The van der Waals surface area contributed by atoms with Gasteiger partial charge in [-0.25, -0.2) is 0 Å². The largest absolute Gasteiger partial charge is 0.385 e. The molecule has 0 heterocycles.